The molecule has 4 heteroatoms. The van der Waals surface area contributed by atoms with Crippen LogP contribution in [0, 0.1) is 5.92 Å². The molecule has 0 radical (unpaired) electrons. The molecule has 3 nitrogen and oxygen atoms in total. The van der Waals surface area contributed by atoms with Gasteiger partial charge in [0.05, 0.1) is 12.2 Å². The molecule has 3 rings (SSSR count). The third-order valence-corrected chi connectivity index (χ3v) is 9.88. The lowest BCUT2D eigenvalue weighted by Gasteiger charge is -2.48. The predicted octanol–water partition coefficient (Wildman–Crippen LogP) is 4.93. The average Bonchev–Trinajstić information content (AvgIpc) is 2.39. The molecule has 0 saturated carbocycles. The number of hydrogen-bond donors (Lipinski definition) is 0. The van der Waals surface area contributed by atoms with Crippen molar-refractivity contribution in [3.05, 3.63) is 35.6 Å². The van der Waals surface area contributed by atoms with Crippen molar-refractivity contribution < 1.29 is 13.9 Å². The molecule has 0 amide bonds. The Hall–Kier alpha value is -0.843. The molecule has 3 atom stereocenters. The van der Waals surface area contributed by atoms with Gasteiger partial charge in [0.15, 0.2) is 5.79 Å². The van der Waals surface area contributed by atoms with E-state index in [1.165, 1.54) is 5.57 Å². The number of rotatable bonds is 2. The fourth-order valence-electron chi connectivity index (χ4n) is 3.28. The molecule has 1 aliphatic heterocycles. The molecule has 1 unspecified atom stereocenters. The molecule has 1 saturated heterocycles. The zero-order chi connectivity index (χ0) is 17.0. The largest absolute Gasteiger partial charge is 0.544 e. The molecule has 0 spiro atoms. The van der Waals surface area contributed by atoms with Crippen LogP contribution in [-0.2, 0) is 13.9 Å². The quantitative estimate of drug-likeness (QED) is 0.529. The van der Waals surface area contributed by atoms with Crippen LogP contribution in [-0.4, -0.2) is 26.3 Å². The smallest absolute Gasteiger partial charge is 0.250 e. The molecule has 0 aromatic heterocycles. The topological polar surface area (TPSA) is 27.7 Å². The summed E-state index contributed by atoms with van der Waals surface area (Å²) >= 11 is 0. The van der Waals surface area contributed by atoms with E-state index in [1.54, 1.807) is 0 Å². The van der Waals surface area contributed by atoms with Gasteiger partial charge in [-0.2, -0.15) is 0 Å². The lowest BCUT2D eigenvalue weighted by molar-refractivity contribution is -0.297. The van der Waals surface area contributed by atoms with Crippen LogP contribution in [0.2, 0.25) is 18.1 Å². The van der Waals surface area contributed by atoms with Crippen LogP contribution in [0.1, 0.15) is 41.0 Å². The minimum atomic E-state index is -1.85. The Labute approximate surface area is 141 Å². The highest BCUT2D eigenvalue weighted by Gasteiger charge is 2.47. The molecule has 23 heavy (non-hydrogen) atoms. The van der Waals surface area contributed by atoms with Crippen molar-refractivity contribution >= 4 is 8.32 Å². The molecule has 128 valence electrons. The molecule has 3 aliphatic rings. The second-order valence-corrected chi connectivity index (χ2v) is 13.6. The van der Waals surface area contributed by atoms with Crippen LogP contribution in [0.4, 0.5) is 0 Å². The molecule has 0 aromatic rings. The third kappa shape index (κ3) is 3.09. The van der Waals surface area contributed by atoms with E-state index in [2.05, 4.69) is 58.2 Å². The van der Waals surface area contributed by atoms with Gasteiger partial charge < -0.3 is 13.9 Å². The molecule has 0 N–H and O–H groups in total. The van der Waals surface area contributed by atoms with Gasteiger partial charge in [0.1, 0.15) is 5.76 Å². The maximum absolute atomic E-state index is 6.62. The van der Waals surface area contributed by atoms with E-state index in [1.807, 2.05) is 13.8 Å². The minimum absolute atomic E-state index is 0.0791. The van der Waals surface area contributed by atoms with E-state index in [4.69, 9.17) is 13.9 Å². The summed E-state index contributed by atoms with van der Waals surface area (Å²) in [6.07, 6.45) is 9.78. The van der Waals surface area contributed by atoms with E-state index in [0.717, 1.165) is 12.2 Å². The Kier molecular flexibility index (Phi) is 3.94. The monoisotopic (exact) mass is 334 g/mol. The Morgan fingerprint density at radius 2 is 1.74 bits per heavy atom. The maximum atomic E-state index is 6.62. The second kappa shape index (κ2) is 5.33. The molecular formula is C19H30O3Si. The van der Waals surface area contributed by atoms with Crippen LogP contribution in [0.25, 0.3) is 0 Å². The van der Waals surface area contributed by atoms with Crippen LogP contribution >= 0.6 is 0 Å². The summed E-state index contributed by atoms with van der Waals surface area (Å²) in [5.74, 6) is 0.762. The summed E-state index contributed by atoms with van der Waals surface area (Å²) in [5.41, 5.74) is 1.34. The highest BCUT2D eigenvalue weighted by molar-refractivity contribution is 6.74. The lowest BCUT2D eigenvalue weighted by atomic mass is 9.78. The van der Waals surface area contributed by atoms with Crippen molar-refractivity contribution in [1.82, 2.24) is 0 Å². The van der Waals surface area contributed by atoms with Gasteiger partial charge in [-0.3, -0.25) is 0 Å². The number of allylic oxidation sites excluding steroid dienone is 2. The van der Waals surface area contributed by atoms with E-state index >= 15 is 0 Å². The first-order chi connectivity index (χ1) is 10.5. The number of ether oxygens (including phenoxy) is 2. The lowest BCUT2D eigenvalue weighted by Crippen LogP contribution is -2.52. The zero-order valence-electron chi connectivity index (χ0n) is 15.5. The minimum Gasteiger partial charge on any atom is -0.544 e. The molecule has 1 fully saturated rings. The first kappa shape index (κ1) is 17.0. The van der Waals surface area contributed by atoms with E-state index in [-0.39, 0.29) is 23.2 Å². The molecule has 1 heterocycles. The summed E-state index contributed by atoms with van der Waals surface area (Å²) in [7, 11) is -1.85. The maximum Gasteiger partial charge on any atom is 0.250 e. The highest BCUT2D eigenvalue weighted by Crippen LogP contribution is 2.46. The molecule has 0 bridgehead atoms. The fourth-order valence-corrected chi connectivity index (χ4v) is 4.33. The third-order valence-electron chi connectivity index (χ3n) is 5.54. The van der Waals surface area contributed by atoms with Crippen LogP contribution < -0.4 is 0 Å². The highest BCUT2D eigenvalue weighted by atomic mass is 28.4. The first-order valence-electron chi connectivity index (χ1n) is 8.63. The first-order valence-corrected chi connectivity index (χ1v) is 11.5. The summed E-state index contributed by atoms with van der Waals surface area (Å²) in [4.78, 5) is 0. The van der Waals surface area contributed by atoms with Crippen molar-refractivity contribution in [3.63, 3.8) is 0 Å². The van der Waals surface area contributed by atoms with Gasteiger partial charge in [0.25, 0.3) is 0 Å². The van der Waals surface area contributed by atoms with Crippen LogP contribution in [0.3, 0.4) is 0 Å². The van der Waals surface area contributed by atoms with Crippen LogP contribution in [0.5, 0.6) is 0 Å². The van der Waals surface area contributed by atoms with E-state index in [9.17, 15) is 0 Å². The second-order valence-electron chi connectivity index (χ2n) is 8.83. The molecule has 0 aromatic carbocycles. The summed E-state index contributed by atoms with van der Waals surface area (Å²) in [6.45, 7) is 15.4. The van der Waals surface area contributed by atoms with E-state index in [0.29, 0.717) is 0 Å². The van der Waals surface area contributed by atoms with Gasteiger partial charge in [0, 0.05) is 5.92 Å². The Balaban J connectivity index is 1.93. The van der Waals surface area contributed by atoms with Crippen molar-refractivity contribution in [3.8, 4) is 0 Å². The summed E-state index contributed by atoms with van der Waals surface area (Å²) < 4.78 is 18.9. The zero-order valence-corrected chi connectivity index (χ0v) is 16.5. The molecular weight excluding hydrogens is 304 g/mol. The van der Waals surface area contributed by atoms with Gasteiger partial charge in [-0.1, -0.05) is 39.0 Å². The van der Waals surface area contributed by atoms with Crippen molar-refractivity contribution in [2.75, 3.05) is 0 Å². The van der Waals surface area contributed by atoms with Gasteiger partial charge in [-0.15, -0.1) is 0 Å². The predicted molar refractivity (Wildman–Crippen MR) is 95.5 cm³/mol. The SMILES string of the molecule is CC1(C)O[C@H]2C=CC(O[Si](C)(C)C(C)(C)C)=C3CC=C[C@@H](O1)C32. The van der Waals surface area contributed by atoms with Gasteiger partial charge in [-0.05, 0) is 50.0 Å². The molecule has 2 aliphatic carbocycles. The van der Waals surface area contributed by atoms with Crippen molar-refractivity contribution in [2.24, 2.45) is 5.92 Å². The van der Waals surface area contributed by atoms with Gasteiger partial charge >= 0.3 is 0 Å². The Morgan fingerprint density at radius 3 is 2.35 bits per heavy atom. The Bertz CT molecular complexity index is 578. The van der Waals surface area contributed by atoms with Crippen molar-refractivity contribution in [2.45, 2.75) is 77.2 Å². The van der Waals surface area contributed by atoms with Gasteiger partial charge in [-0.25, -0.2) is 0 Å². The average molecular weight is 335 g/mol. The number of hydrogen-bond acceptors (Lipinski definition) is 3. The van der Waals surface area contributed by atoms with Gasteiger partial charge in [0.2, 0.25) is 8.32 Å². The standard InChI is InChI=1S/C19H30O3Si/c1-18(2,3)23(6,7)22-14-11-12-16-17-13(14)9-8-10-15(17)20-19(4,5)21-16/h8,10-12,15-17H,9H2,1-7H3/t15-,16+,17?/m1/s1. The Morgan fingerprint density at radius 1 is 1.13 bits per heavy atom. The summed E-state index contributed by atoms with van der Waals surface area (Å²) in [6, 6.07) is 0. The fraction of sp³-hybridized carbons (Fsp3) is 0.684. The van der Waals surface area contributed by atoms with Crippen LogP contribution in [0.15, 0.2) is 35.6 Å². The van der Waals surface area contributed by atoms with Crippen molar-refractivity contribution in [1.29, 1.82) is 0 Å². The normalized spacial score (nSPS) is 32.7. The van der Waals surface area contributed by atoms with E-state index < -0.39 is 14.1 Å². The summed E-state index contributed by atoms with van der Waals surface area (Å²) in [5, 5.41) is 0.191.